The van der Waals surface area contributed by atoms with Gasteiger partial charge in [0.1, 0.15) is 0 Å². The molecule has 0 bridgehead atoms. The van der Waals surface area contributed by atoms with Crippen molar-refractivity contribution < 1.29 is 0 Å². The van der Waals surface area contributed by atoms with Gasteiger partial charge in [0.05, 0.1) is 17.8 Å². The largest absolute Gasteiger partial charge is 0.351 e. The number of benzene rings is 1. The molecule has 0 radical (unpaired) electrons. The fourth-order valence-corrected chi connectivity index (χ4v) is 4.66. The van der Waals surface area contributed by atoms with Crippen LogP contribution >= 0.6 is 23.6 Å². The van der Waals surface area contributed by atoms with E-state index in [0.29, 0.717) is 0 Å². The lowest BCUT2D eigenvalue weighted by Crippen LogP contribution is -2.29. The Kier molecular flexibility index (Phi) is 4.27. The van der Waals surface area contributed by atoms with Gasteiger partial charge in [0, 0.05) is 21.6 Å². The summed E-state index contributed by atoms with van der Waals surface area (Å²) in [5.74, 6) is 0. The van der Waals surface area contributed by atoms with E-state index >= 15 is 0 Å². The molecule has 3 aromatic rings. The quantitative estimate of drug-likeness (QED) is 0.666. The third kappa shape index (κ3) is 3.05. The standard InChI is InChI=1S/C20H19N3S2/c1-13-6-5-7-15(12-13)23-19(17-10-9-14(2)25-17)18(22-20(23)24)16-8-3-4-11-21-16/h3-12,18-19H,1-2H3,(H,22,24). The number of rotatable bonds is 3. The molecule has 3 nitrogen and oxygen atoms in total. The van der Waals surface area contributed by atoms with Crippen molar-refractivity contribution in [2.24, 2.45) is 0 Å². The number of aryl methyl sites for hydroxylation is 2. The average Bonchev–Trinajstić information content (AvgIpc) is 3.18. The number of nitrogens with zero attached hydrogens (tertiary/aromatic N) is 2. The lowest BCUT2D eigenvalue weighted by molar-refractivity contribution is 0.575. The lowest BCUT2D eigenvalue weighted by Gasteiger charge is -2.27. The highest BCUT2D eigenvalue weighted by Gasteiger charge is 2.41. The van der Waals surface area contributed by atoms with Crippen LogP contribution in [0.1, 0.15) is 33.1 Å². The molecule has 0 amide bonds. The summed E-state index contributed by atoms with van der Waals surface area (Å²) in [6, 6.07) is 19.0. The van der Waals surface area contributed by atoms with Gasteiger partial charge in [0.25, 0.3) is 0 Å². The molecule has 0 spiro atoms. The molecule has 1 N–H and O–H groups in total. The van der Waals surface area contributed by atoms with Gasteiger partial charge in [-0.15, -0.1) is 11.3 Å². The zero-order valence-corrected chi connectivity index (χ0v) is 15.8. The summed E-state index contributed by atoms with van der Waals surface area (Å²) >= 11 is 7.54. The van der Waals surface area contributed by atoms with Crippen LogP contribution in [0, 0.1) is 13.8 Å². The summed E-state index contributed by atoms with van der Waals surface area (Å²) in [5.41, 5.74) is 3.35. The Morgan fingerprint density at radius 1 is 1.08 bits per heavy atom. The summed E-state index contributed by atoms with van der Waals surface area (Å²) in [5, 5.41) is 4.25. The van der Waals surface area contributed by atoms with Crippen LogP contribution in [0.4, 0.5) is 5.69 Å². The predicted octanol–water partition coefficient (Wildman–Crippen LogP) is 4.94. The molecule has 3 heterocycles. The number of hydrogen-bond donors (Lipinski definition) is 1. The van der Waals surface area contributed by atoms with E-state index in [1.165, 1.54) is 15.3 Å². The van der Waals surface area contributed by atoms with Crippen molar-refractivity contribution in [2.75, 3.05) is 4.90 Å². The second-order valence-electron chi connectivity index (χ2n) is 6.28. The summed E-state index contributed by atoms with van der Waals surface area (Å²) in [4.78, 5) is 9.40. The van der Waals surface area contributed by atoms with Gasteiger partial charge in [-0.1, -0.05) is 18.2 Å². The molecule has 126 valence electrons. The van der Waals surface area contributed by atoms with Gasteiger partial charge in [-0.3, -0.25) is 4.98 Å². The second-order valence-corrected chi connectivity index (χ2v) is 7.99. The normalized spacial score (nSPS) is 19.9. The monoisotopic (exact) mass is 365 g/mol. The molecule has 1 fully saturated rings. The minimum Gasteiger partial charge on any atom is -0.351 e. The first-order valence-electron chi connectivity index (χ1n) is 8.27. The molecule has 2 aromatic heterocycles. The minimum absolute atomic E-state index is 0.0345. The van der Waals surface area contributed by atoms with E-state index < -0.39 is 0 Å². The number of thiocarbonyl (C=S) groups is 1. The van der Waals surface area contributed by atoms with E-state index in [4.69, 9.17) is 12.2 Å². The van der Waals surface area contributed by atoms with E-state index in [1.54, 1.807) is 0 Å². The molecule has 1 saturated heterocycles. The van der Waals surface area contributed by atoms with E-state index in [9.17, 15) is 0 Å². The van der Waals surface area contributed by atoms with Gasteiger partial charge in [0.2, 0.25) is 0 Å². The summed E-state index contributed by atoms with van der Waals surface area (Å²) in [7, 11) is 0. The summed E-state index contributed by atoms with van der Waals surface area (Å²) in [6.07, 6.45) is 1.84. The first-order valence-corrected chi connectivity index (χ1v) is 9.49. The molecular formula is C20H19N3S2. The number of nitrogens with one attached hydrogen (secondary N) is 1. The molecule has 1 aromatic carbocycles. The molecule has 25 heavy (non-hydrogen) atoms. The molecule has 0 saturated carbocycles. The van der Waals surface area contributed by atoms with E-state index in [0.717, 1.165) is 16.5 Å². The number of anilines is 1. The fourth-order valence-electron chi connectivity index (χ4n) is 3.31. The third-order valence-corrected chi connectivity index (χ3v) is 5.82. The topological polar surface area (TPSA) is 28.2 Å². The van der Waals surface area contributed by atoms with Crippen LogP contribution in [0.25, 0.3) is 0 Å². The van der Waals surface area contributed by atoms with Gasteiger partial charge < -0.3 is 10.2 Å². The highest BCUT2D eigenvalue weighted by molar-refractivity contribution is 7.80. The van der Waals surface area contributed by atoms with Crippen LogP contribution in [0.2, 0.25) is 0 Å². The molecule has 2 atom stereocenters. The van der Waals surface area contributed by atoms with Crippen LogP contribution in [-0.4, -0.2) is 10.1 Å². The van der Waals surface area contributed by atoms with Crippen LogP contribution in [0.3, 0.4) is 0 Å². The summed E-state index contributed by atoms with van der Waals surface area (Å²) in [6.45, 7) is 4.25. The zero-order chi connectivity index (χ0) is 17.4. The SMILES string of the molecule is Cc1cccc(N2C(=S)NC(c3ccccn3)C2c2ccc(C)s2)c1. The Morgan fingerprint density at radius 2 is 1.96 bits per heavy atom. The van der Waals surface area contributed by atoms with Crippen molar-refractivity contribution in [1.82, 2.24) is 10.3 Å². The van der Waals surface area contributed by atoms with Crippen molar-refractivity contribution in [1.29, 1.82) is 0 Å². The molecule has 1 aliphatic heterocycles. The third-order valence-electron chi connectivity index (χ3n) is 4.43. The maximum absolute atomic E-state index is 5.72. The van der Waals surface area contributed by atoms with Crippen molar-refractivity contribution >= 4 is 34.4 Å². The highest BCUT2D eigenvalue weighted by atomic mass is 32.1. The van der Waals surface area contributed by atoms with Gasteiger partial charge in [-0.25, -0.2) is 0 Å². The smallest absolute Gasteiger partial charge is 0.174 e. The number of hydrogen-bond acceptors (Lipinski definition) is 3. The van der Waals surface area contributed by atoms with E-state index in [1.807, 2.05) is 29.7 Å². The van der Waals surface area contributed by atoms with Crippen molar-refractivity contribution in [3.8, 4) is 0 Å². The van der Waals surface area contributed by atoms with Gasteiger partial charge in [-0.05, 0) is 68.0 Å². The molecule has 1 aliphatic rings. The maximum Gasteiger partial charge on any atom is 0.174 e. The van der Waals surface area contributed by atoms with Crippen molar-refractivity contribution in [2.45, 2.75) is 25.9 Å². The van der Waals surface area contributed by atoms with Crippen LogP contribution in [-0.2, 0) is 0 Å². The van der Waals surface area contributed by atoms with Crippen molar-refractivity contribution in [3.05, 3.63) is 81.8 Å². The fraction of sp³-hybridized carbons (Fsp3) is 0.200. The Labute approximate surface area is 157 Å². The first-order chi connectivity index (χ1) is 12.1. The van der Waals surface area contributed by atoms with E-state index in [-0.39, 0.29) is 12.1 Å². The number of aromatic nitrogens is 1. The second kappa shape index (κ2) is 6.58. The van der Waals surface area contributed by atoms with E-state index in [2.05, 4.69) is 71.5 Å². The highest BCUT2D eigenvalue weighted by Crippen LogP contribution is 2.43. The Morgan fingerprint density at radius 3 is 2.64 bits per heavy atom. The van der Waals surface area contributed by atoms with Crippen LogP contribution < -0.4 is 10.2 Å². The zero-order valence-electron chi connectivity index (χ0n) is 14.1. The Balaban J connectivity index is 1.83. The predicted molar refractivity (Wildman–Crippen MR) is 108 cm³/mol. The Hall–Kier alpha value is -2.24. The van der Waals surface area contributed by atoms with Crippen molar-refractivity contribution in [3.63, 3.8) is 0 Å². The molecule has 0 aliphatic carbocycles. The molecular weight excluding hydrogens is 346 g/mol. The molecule has 5 heteroatoms. The first kappa shape index (κ1) is 16.2. The maximum atomic E-state index is 5.72. The van der Waals surface area contributed by atoms with Gasteiger partial charge in [-0.2, -0.15) is 0 Å². The minimum atomic E-state index is 0.0345. The van der Waals surface area contributed by atoms with Crippen LogP contribution in [0.15, 0.2) is 60.8 Å². The molecule has 4 rings (SSSR count). The van der Waals surface area contributed by atoms with Crippen LogP contribution in [0.5, 0.6) is 0 Å². The lowest BCUT2D eigenvalue weighted by atomic mass is 10.0. The Bertz CT molecular complexity index is 904. The number of thiophene rings is 1. The molecule has 2 unspecified atom stereocenters. The average molecular weight is 366 g/mol. The van der Waals surface area contributed by atoms with Gasteiger partial charge in [0.15, 0.2) is 5.11 Å². The summed E-state index contributed by atoms with van der Waals surface area (Å²) < 4.78 is 0. The van der Waals surface area contributed by atoms with Gasteiger partial charge >= 0.3 is 0 Å². The number of pyridine rings is 1.